The second-order valence-electron chi connectivity index (χ2n) is 6.07. The van der Waals surface area contributed by atoms with Crippen molar-refractivity contribution in [2.45, 2.75) is 39.2 Å². The van der Waals surface area contributed by atoms with Crippen LogP contribution in [-0.4, -0.2) is 10.9 Å². The summed E-state index contributed by atoms with van der Waals surface area (Å²) in [7, 11) is 0. The van der Waals surface area contributed by atoms with E-state index < -0.39 is 5.54 Å². The summed E-state index contributed by atoms with van der Waals surface area (Å²) in [6, 6.07) is 13.5. The number of benzene rings is 1. The first-order valence-electron chi connectivity index (χ1n) is 7.24. The maximum atomic E-state index is 12.4. The molecule has 0 saturated heterocycles. The number of pyridine rings is 1. The van der Waals surface area contributed by atoms with Crippen LogP contribution in [0.25, 0.3) is 0 Å². The molecule has 0 aliphatic heterocycles. The monoisotopic (exact) mass is 282 g/mol. The molecule has 0 radical (unpaired) electrons. The molecule has 110 valence electrons. The van der Waals surface area contributed by atoms with Crippen LogP contribution in [0.5, 0.6) is 0 Å². The van der Waals surface area contributed by atoms with Gasteiger partial charge >= 0.3 is 0 Å². The van der Waals surface area contributed by atoms with Crippen molar-refractivity contribution in [2.75, 3.05) is 0 Å². The Balaban J connectivity index is 2.14. The van der Waals surface area contributed by atoms with E-state index in [2.05, 4.69) is 24.1 Å². The Morgan fingerprint density at radius 3 is 2.29 bits per heavy atom. The number of aromatic nitrogens is 1. The molecule has 0 spiro atoms. The minimum Gasteiger partial charge on any atom is -0.342 e. The van der Waals surface area contributed by atoms with E-state index in [1.165, 1.54) is 5.56 Å². The summed E-state index contributed by atoms with van der Waals surface area (Å²) in [6.07, 6.45) is 1.74. The molecule has 0 saturated carbocycles. The van der Waals surface area contributed by atoms with E-state index in [9.17, 15) is 4.79 Å². The number of hydrogen-bond donors (Lipinski definition) is 1. The zero-order valence-electron chi connectivity index (χ0n) is 13.1. The summed E-state index contributed by atoms with van der Waals surface area (Å²) < 4.78 is 0. The molecule has 0 bridgehead atoms. The quantitative estimate of drug-likeness (QED) is 0.925. The Labute approximate surface area is 126 Å². The van der Waals surface area contributed by atoms with Gasteiger partial charge in [0.1, 0.15) is 0 Å². The lowest BCUT2D eigenvalue weighted by Gasteiger charge is -2.25. The number of nitrogens with zero attached hydrogens (tertiary/aromatic N) is 1. The fourth-order valence-electron chi connectivity index (χ4n) is 2.17. The molecule has 2 aromatic rings. The average molecular weight is 282 g/mol. The zero-order chi connectivity index (χ0) is 15.5. The summed E-state index contributed by atoms with van der Waals surface area (Å²) in [5, 5.41) is 3.04. The van der Waals surface area contributed by atoms with Crippen molar-refractivity contribution in [3.05, 3.63) is 65.5 Å². The van der Waals surface area contributed by atoms with Gasteiger partial charge in [0, 0.05) is 11.8 Å². The maximum Gasteiger partial charge on any atom is 0.252 e. The van der Waals surface area contributed by atoms with Crippen molar-refractivity contribution < 1.29 is 4.79 Å². The highest BCUT2D eigenvalue weighted by molar-refractivity contribution is 5.94. The maximum absolute atomic E-state index is 12.4. The van der Waals surface area contributed by atoms with Crippen molar-refractivity contribution in [1.82, 2.24) is 10.3 Å². The normalized spacial score (nSPS) is 11.5. The lowest BCUT2D eigenvalue weighted by Crippen LogP contribution is -2.41. The SMILES string of the molecule is CC(C)c1ccc(C(=O)NC(C)(C)c2ccccn2)cc1. The first-order chi connectivity index (χ1) is 9.90. The fraction of sp³-hybridized carbons (Fsp3) is 0.333. The molecule has 1 aromatic carbocycles. The van der Waals surface area contributed by atoms with Crippen molar-refractivity contribution in [2.24, 2.45) is 0 Å². The molecule has 0 atom stereocenters. The van der Waals surface area contributed by atoms with Gasteiger partial charge < -0.3 is 5.32 Å². The van der Waals surface area contributed by atoms with Crippen LogP contribution >= 0.6 is 0 Å². The van der Waals surface area contributed by atoms with Crippen LogP contribution in [0.2, 0.25) is 0 Å². The van der Waals surface area contributed by atoms with Crippen LogP contribution in [0.3, 0.4) is 0 Å². The predicted molar refractivity (Wildman–Crippen MR) is 85.3 cm³/mol. The Kier molecular flexibility index (Phi) is 4.41. The predicted octanol–water partition coefficient (Wildman–Crippen LogP) is 3.87. The lowest BCUT2D eigenvalue weighted by molar-refractivity contribution is 0.0910. The third kappa shape index (κ3) is 3.69. The smallest absolute Gasteiger partial charge is 0.252 e. The number of carbonyl (C=O) groups excluding carboxylic acids is 1. The van der Waals surface area contributed by atoms with E-state index >= 15 is 0 Å². The summed E-state index contributed by atoms with van der Waals surface area (Å²) >= 11 is 0. The summed E-state index contributed by atoms with van der Waals surface area (Å²) in [5.74, 6) is 0.382. The van der Waals surface area contributed by atoms with Gasteiger partial charge in [0.15, 0.2) is 0 Å². The first-order valence-corrected chi connectivity index (χ1v) is 7.24. The van der Waals surface area contributed by atoms with E-state index in [1.807, 2.05) is 56.3 Å². The molecule has 1 heterocycles. The van der Waals surface area contributed by atoms with E-state index in [0.29, 0.717) is 11.5 Å². The fourth-order valence-corrected chi connectivity index (χ4v) is 2.17. The molecular formula is C18H22N2O. The third-order valence-electron chi connectivity index (χ3n) is 3.57. The van der Waals surface area contributed by atoms with Crippen LogP contribution in [0.1, 0.15) is 55.2 Å². The molecule has 0 unspecified atom stereocenters. The lowest BCUT2D eigenvalue weighted by atomic mass is 9.98. The molecule has 3 heteroatoms. The first kappa shape index (κ1) is 15.2. The zero-order valence-corrected chi connectivity index (χ0v) is 13.1. The van der Waals surface area contributed by atoms with Crippen molar-refractivity contribution in [3.8, 4) is 0 Å². The Hall–Kier alpha value is -2.16. The van der Waals surface area contributed by atoms with Crippen molar-refractivity contribution in [3.63, 3.8) is 0 Å². The Morgan fingerprint density at radius 1 is 1.10 bits per heavy atom. The second kappa shape index (κ2) is 6.08. The number of hydrogen-bond acceptors (Lipinski definition) is 2. The number of amides is 1. The van der Waals surface area contributed by atoms with Crippen LogP contribution in [0.4, 0.5) is 0 Å². The molecule has 1 N–H and O–H groups in total. The molecule has 0 fully saturated rings. The topological polar surface area (TPSA) is 42.0 Å². The van der Waals surface area contributed by atoms with Crippen LogP contribution in [-0.2, 0) is 5.54 Å². The van der Waals surface area contributed by atoms with Crippen LogP contribution < -0.4 is 5.32 Å². The van der Waals surface area contributed by atoms with Gasteiger partial charge in [-0.25, -0.2) is 0 Å². The Bertz CT molecular complexity index is 601. The van der Waals surface area contributed by atoms with E-state index in [1.54, 1.807) is 6.20 Å². The minimum absolute atomic E-state index is 0.0824. The van der Waals surface area contributed by atoms with Crippen molar-refractivity contribution in [1.29, 1.82) is 0 Å². The van der Waals surface area contributed by atoms with Gasteiger partial charge in [-0.2, -0.15) is 0 Å². The number of nitrogens with one attached hydrogen (secondary N) is 1. The van der Waals surface area contributed by atoms with Gasteiger partial charge in [-0.05, 0) is 49.6 Å². The van der Waals surface area contributed by atoms with Gasteiger partial charge in [-0.15, -0.1) is 0 Å². The summed E-state index contributed by atoms with van der Waals surface area (Å²) in [4.78, 5) is 16.7. The second-order valence-corrected chi connectivity index (χ2v) is 6.07. The number of carbonyl (C=O) groups is 1. The van der Waals surface area contributed by atoms with Gasteiger partial charge in [0.25, 0.3) is 5.91 Å². The van der Waals surface area contributed by atoms with E-state index in [4.69, 9.17) is 0 Å². The molecule has 1 amide bonds. The highest BCUT2D eigenvalue weighted by atomic mass is 16.1. The van der Waals surface area contributed by atoms with Crippen LogP contribution in [0.15, 0.2) is 48.7 Å². The van der Waals surface area contributed by atoms with Crippen molar-refractivity contribution >= 4 is 5.91 Å². The van der Waals surface area contributed by atoms with E-state index in [-0.39, 0.29) is 5.91 Å². The largest absolute Gasteiger partial charge is 0.342 e. The van der Waals surface area contributed by atoms with Gasteiger partial charge in [0.2, 0.25) is 0 Å². The minimum atomic E-state index is -0.505. The molecule has 1 aromatic heterocycles. The van der Waals surface area contributed by atoms with Gasteiger partial charge in [-0.1, -0.05) is 32.0 Å². The standard InChI is InChI=1S/C18H22N2O/c1-13(2)14-8-10-15(11-9-14)17(21)20-18(3,4)16-7-5-6-12-19-16/h5-13H,1-4H3,(H,20,21). The molecular weight excluding hydrogens is 260 g/mol. The number of rotatable bonds is 4. The third-order valence-corrected chi connectivity index (χ3v) is 3.57. The molecule has 2 rings (SSSR count). The van der Waals surface area contributed by atoms with Gasteiger partial charge in [-0.3, -0.25) is 9.78 Å². The Morgan fingerprint density at radius 2 is 1.76 bits per heavy atom. The molecule has 21 heavy (non-hydrogen) atoms. The summed E-state index contributed by atoms with van der Waals surface area (Å²) in [6.45, 7) is 8.18. The van der Waals surface area contributed by atoms with Crippen LogP contribution in [0, 0.1) is 0 Å². The highest BCUT2D eigenvalue weighted by Gasteiger charge is 2.24. The van der Waals surface area contributed by atoms with Gasteiger partial charge in [0.05, 0.1) is 11.2 Å². The molecule has 0 aliphatic rings. The highest BCUT2D eigenvalue weighted by Crippen LogP contribution is 2.19. The average Bonchev–Trinajstić information content (AvgIpc) is 2.48. The summed E-state index contributed by atoms with van der Waals surface area (Å²) in [5.41, 5.74) is 2.24. The molecule has 3 nitrogen and oxygen atoms in total. The molecule has 0 aliphatic carbocycles. The van der Waals surface area contributed by atoms with E-state index in [0.717, 1.165) is 5.69 Å².